The molecule has 2 N–H and O–H groups in total. The van der Waals surface area contributed by atoms with Crippen molar-refractivity contribution in [1.29, 1.82) is 0 Å². The summed E-state index contributed by atoms with van der Waals surface area (Å²) in [6, 6.07) is 17.3. The molecule has 0 aliphatic carbocycles. The molecule has 3 rings (SSSR count). The molecule has 0 spiro atoms. The second-order valence-electron chi connectivity index (χ2n) is 5.78. The first-order valence-corrected chi connectivity index (χ1v) is 8.75. The summed E-state index contributed by atoms with van der Waals surface area (Å²) in [5, 5.41) is 6.50. The Bertz CT molecular complexity index is 853. The van der Waals surface area contributed by atoms with Crippen LogP contribution in [0, 0.1) is 0 Å². The van der Waals surface area contributed by atoms with Gasteiger partial charge < -0.3 is 10.6 Å². The molecular formula is C20H19ClN4O. The van der Waals surface area contributed by atoms with Gasteiger partial charge in [-0.05, 0) is 36.6 Å². The molecule has 2 aromatic carbocycles. The van der Waals surface area contributed by atoms with Crippen molar-refractivity contribution < 1.29 is 4.79 Å². The van der Waals surface area contributed by atoms with E-state index in [0.29, 0.717) is 22.2 Å². The molecule has 0 unspecified atom stereocenters. The summed E-state index contributed by atoms with van der Waals surface area (Å²) in [5.74, 6) is 0.236. The van der Waals surface area contributed by atoms with Crippen LogP contribution in [0.5, 0.6) is 0 Å². The Labute approximate surface area is 157 Å². The summed E-state index contributed by atoms with van der Waals surface area (Å²) < 4.78 is 0. The van der Waals surface area contributed by atoms with E-state index < -0.39 is 0 Å². The number of benzene rings is 2. The number of hydrogen-bond donors (Lipinski definition) is 2. The van der Waals surface area contributed by atoms with Gasteiger partial charge in [0.2, 0.25) is 5.95 Å². The summed E-state index contributed by atoms with van der Waals surface area (Å²) in [7, 11) is 0. The maximum absolute atomic E-state index is 12.2. The Morgan fingerprint density at radius 2 is 1.77 bits per heavy atom. The number of carbonyl (C=O) groups excluding carboxylic acids is 1. The number of hydrogen-bond acceptors (Lipinski definition) is 4. The van der Waals surface area contributed by atoms with Crippen LogP contribution >= 0.6 is 11.6 Å². The highest BCUT2D eigenvalue weighted by Crippen LogP contribution is 2.15. The van der Waals surface area contributed by atoms with E-state index in [-0.39, 0.29) is 5.91 Å². The van der Waals surface area contributed by atoms with Crippen LogP contribution in [0.25, 0.3) is 0 Å². The molecule has 0 bridgehead atoms. The van der Waals surface area contributed by atoms with Crippen molar-refractivity contribution >= 4 is 29.1 Å². The van der Waals surface area contributed by atoms with Crippen molar-refractivity contribution in [2.75, 3.05) is 17.2 Å². The molecule has 0 radical (unpaired) electrons. The lowest BCUT2D eigenvalue weighted by Crippen LogP contribution is -2.13. The molecule has 0 saturated heterocycles. The van der Waals surface area contributed by atoms with Crippen LogP contribution in [0.15, 0.2) is 67.0 Å². The lowest BCUT2D eigenvalue weighted by atomic mass is 10.1. The zero-order valence-electron chi connectivity index (χ0n) is 14.2. The van der Waals surface area contributed by atoms with E-state index in [1.807, 2.05) is 18.2 Å². The molecule has 0 fully saturated rings. The minimum atomic E-state index is -0.275. The average Bonchev–Trinajstić information content (AvgIpc) is 2.66. The highest BCUT2D eigenvalue weighted by atomic mass is 35.5. The van der Waals surface area contributed by atoms with E-state index in [1.54, 1.807) is 24.3 Å². The second-order valence-corrected chi connectivity index (χ2v) is 6.21. The maximum Gasteiger partial charge on any atom is 0.258 e. The standard InChI is InChI=1S/C20H19ClN4O/c21-17-9-4-10-18(12-17)25-19(26)16-13-23-20(24-14-16)22-11-5-8-15-6-2-1-3-7-15/h1-4,6-7,9-10,12-14H,5,8,11H2,(H,25,26)(H,22,23,24). The summed E-state index contributed by atoms with van der Waals surface area (Å²) in [4.78, 5) is 20.6. The summed E-state index contributed by atoms with van der Waals surface area (Å²) in [5.41, 5.74) is 2.33. The quantitative estimate of drug-likeness (QED) is 0.607. The van der Waals surface area contributed by atoms with E-state index >= 15 is 0 Å². The molecule has 26 heavy (non-hydrogen) atoms. The molecule has 1 heterocycles. The maximum atomic E-state index is 12.2. The summed E-state index contributed by atoms with van der Waals surface area (Å²) in [6.45, 7) is 0.767. The number of nitrogens with one attached hydrogen (secondary N) is 2. The van der Waals surface area contributed by atoms with Crippen molar-refractivity contribution in [2.45, 2.75) is 12.8 Å². The number of amides is 1. The molecule has 0 aliphatic rings. The van der Waals surface area contributed by atoms with Gasteiger partial charge in [-0.1, -0.05) is 48.0 Å². The zero-order chi connectivity index (χ0) is 18.2. The first-order chi connectivity index (χ1) is 12.7. The van der Waals surface area contributed by atoms with Gasteiger partial charge in [0.25, 0.3) is 5.91 Å². The average molecular weight is 367 g/mol. The lowest BCUT2D eigenvalue weighted by molar-refractivity contribution is 0.102. The van der Waals surface area contributed by atoms with Crippen LogP contribution in [0.4, 0.5) is 11.6 Å². The largest absolute Gasteiger partial charge is 0.354 e. The molecule has 6 heteroatoms. The monoisotopic (exact) mass is 366 g/mol. The third-order valence-corrected chi connectivity index (χ3v) is 4.00. The van der Waals surface area contributed by atoms with E-state index in [0.717, 1.165) is 19.4 Å². The molecule has 5 nitrogen and oxygen atoms in total. The van der Waals surface area contributed by atoms with Gasteiger partial charge in [0.05, 0.1) is 5.56 Å². The number of halogens is 1. The number of aryl methyl sites for hydroxylation is 1. The van der Waals surface area contributed by atoms with Crippen LogP contribution in [0.1, 0.15) is 22.3 Å². The molecule has 3 aromatic rings. The SMILES string of the molecule is O=C(Nc1cccc(Cl)c1)c1cnc(NCCCc2ccccc2)nc1. The fraction of sp³-hybridized carbons (Fsp3) is 0.150. The van der Waals surface area contributed by atoms with Gasteiger partial charge in [-0.2, -0.15) is 0 Å². The summed E-state index contributed by atoms with van der Waals surface area (Å²) in [6.07, 6.45) is 4.98. The topological polar surface area (TPSA) is 66.9 Å². The highest BCUT2D eigenvalue weighted by molar-refractivity contribution is 6.30. The highest BCUT2D eigenvalue weighted by Gasteiger charge is 2.08. The molecule has 1 aromatic heterocycles. The summed E-state index contributed by atoms with van der Waals surface area (Å²) >= 11 is 5.91. The van der Waals surface area contributed by atoms with Gasteiger partial charge in [-0.15, -0.1) is 0 Å². The predicted molar refractivity (Wildman–Crippen MR) is 105 cm³/mol. The number of carbonyl (C=O) groups is 1. The Kier molecular flexibility index (Phi) is 6.17. The van der Waals surface area contributed by atoms with E-state index in [4.69, 9.17) is 11.6 Å². The van der Waals surface area contributed by atoms with Crippen molar-refractivity contribution in [2.24, 2.45) is 0 Å². The van der Waals surface area contributed by atoms with Crippen molar-refractivity contribution in [3.05, 3.63) is 83.1 Å². The van der Waals surface area contributed by atoms with Crippen LogP contribution in [0.3, 0.4) is 0 Å². The van der Waals surface area contributed by atoms with E-state index in [1.165, 1.54) is 18.0 Å². The van der Waals surface area contributed by atoms with Gasteiger partial charge in [0.15, 0.2) is 0 Å². The minimum Gasteiger partial charge on any atom is -0.354 e. The first-order valence-electron chi connectivity index (χ1n) is 8.37. The fourth-order valence-corrected chi connectivity index (χ4v) is 2.63. The molecule has 0 saturated carbocycles. The Hall–Kier alpha value is -2.92. The lowest BCUT2D eigenvalue weighted by Gasteiger charge is -2.07. The van der Waals surface area contributed by atoms with Gasteiger partial charge in [0, 0.05) is 29.6 Å². The Balaban J connectivity index is 1.47. The van der Waals surface area contributed by atoms with Gasteiger partial charge in [0.1, 0.15) is 0 Å². The third-order valence-electron chi connectivity index (χ3n) is 3.76. The molecule has 0 aliphatic heterocycles. The van der Waals surface area contributed by atoms with Crippen LogP contribution < -0.4 is 10.6 Å². The minimum absolute atomic E-state index is 0.275. The van der Waals surface area contributed by atoms with E-state index in [2.05, 4.69) is 32.7 Å². The van der Waals surface area contributed by atoms with Crippen LogP contribution in [-0.4, -0.2) is 22.4 Å². The number of rotatable bonds is 7. The van der Waals surface area contributed by atoms with Crippen molar-refractivity contribution in [1.82, 2.24) is 9.97 Å². The van der Waals surface area contributed by atoms with Crippen molar-refractivity contribution in [3.63, 3.8) is 0 Å². The Morgan fingerprint density at radius 1 is 1.00 bits per heavy atom. The first kappa shape index (κ1) is 17.9. The third kappa shape index (κ3) is 5.29. The molecule has 1 amide bonds. The zero-order valence-corrected chi connectivity index (χ0v) is 14.9. The number of aromatic nitrogens is 2. The predicted octanol–water partition coefficient (Wildman–Crippen LogP) is 4.43. The van der Waals surface area contributed by atoms with Gasteiger partial charge in [-0.3, -0.25) is 4.79 Å². The number of nitrogens with zero attached hydrogens (tertiary/aromatic N) is 2. The van der Waals surface area contributed by atoms with Crippen LogP contribution in [-0.2, 0) is 6.42 Å². The normalized spacial score (nSPS) is 10.3. The number of anilines is 2. The fourth-order valence-electron chi connectivity index (χ4n) is 2.44. The Morgan fingerprint density at radius 3 is 2.50 bits per heavy atom. The molecule has 132 valence electrons. The van der Waals surface area contributed by atoms with Gasteiger partial charge >= 0.3 is 0 Å². The molecule has 0 atom stereocenters. The van der Waals surface area contributed by atoms with Crippen LogP contribution in [0.2, 0.25) is 5.02 Å². The molecular weight excluding hydrogens is 348 g/mol. The van der Waals surface area contributed by atoms with Gasteiger partial charge in [-0.25, -0.2) is 9.97 Å². The second kappa shape index (κ2) is 8.97. The smallest absolute Gasteiger partial charge is 0.258 e. The van der Waals surface area contributed by atoms with Crippen molar-refractivity contribution in [3.8, 4) is 0 Å². The van der Waals surface area contributed by atoms with E-state index in [9.17, 15) is 4.79 Å².